The maximum absolute atomic E-state index is 12.8. The second-order valence-electron chi connectivity index (χ2n) is 6.47. The molecule has 0 radical (unpaired) electrons. The summed E-state index contributed by atoms with van der Waals surface area (Å²) in [6.07, 6.45) is 4.78. The first-order chi connectivity index (χ1) is 10.7. The SMILES string of the molecule is CCOc1ccccc1C(=O)N1CCC2(CCNCC2)CC1. The van der Waals surface area contributed by atoms with Crippen molar-refractivity contribution in [3.63, 3.8) is 0 Å². The van der Waals surface area contributed by atoms with Crippen LogP contribution in [0, 0.1) is 5.41 Å². The Morgan fingerprint density at radius 3 is 2.55 bits per heavy atom. The van der Waals surface area contributed by atoms with E-state index in [2.05, 4.69) is 5.32 Å². The molecule has 0 saturated carbocycles. The number of carbonyl (C=O) groups is 1. The highest BCUT2D eigenvalue weighted by molar-refractivity contribution is 5.97. The van der Waals surface area contributed by atoms with Crippen molar-refractivity contribution in [2.45, 2.75) is 32.6 Å². The van der Waals surface area contributed by atoms with E-state index in [0.29, 0.717) is 23.3 Å². The van der Waals surface area contributed by atoms with E-state index in [1.54, 1.807) is 0 Å². The fourth-order valence-corrected chi connectivity index (χ4v) is 3.74. The minimum absolute atomic E-state index is 0.118. The van der Waals surface area contributed by atoms with Crippen LogP contribution in [0.25, 0.3) is 0 Å². The Labute approximate surface area is 132 Å². The number of hydrogen-bond acceptors (Lipinski definition) is 3. The van der Waals surface area contributed by atoms with Crippen molar-refractivity contribution in [2.24, 2.45) is 5.41 Å². The van der Waals surface area contributed by atoms with Crippen LogP contribution in [0.2, 0.25) is 0 Å². The minimum atomic E-state index is 0.118. The van der Waals surface area contributed by atoms with Crippen molar-refractivity contribution in [2.75, 3.05) is 32.8 Å². The third-order valence-electron chi connectivity index (χ3n) is 5.19. The molecule has 4 heteroatoms. The van der Waals surface area contributed by atoms with Gasteiger partial charge in [0.15, 0.2) is 0 Å². The number of para-hydroxylation sites is 1. The van der Waals surface area contributed by atoms with Gasteiger partial charge in [0.05, 0.1) is 12.2 Å². The van der Waals surface area contributed by atoms with Crippen molar-refractivity contribution in [3.8, 4) is 5.75 Å². The molecular formula is C18H26N2O2. The van der Waals surface area contributed by atoms with Crippen molar-refractivity contribution in [1.29, 1.82) is 0 Å². The van der Waals surface area contributed by atoms with E-state index < -0.39 is 0 Å². The highest BCUT2D eigenvalue weighted by Crippen LogP contribution is 2.39. The smallest absolute Gasteiger partial charge is 0.257 e. The number of likely N-dealkylation sites (tertiary alicyclic amines) is 1. The zero-order valence-corrected chi connectivity index (χ0v) is 13.4. The molecule has 0 aromatic heterocycles. The average Bonchev–Trinajstić information content (AvgIpc) is 2.57. The van der Waals surface area contributed by atoms with Crippen LogP contribution in [-0.4, -0.2) is 43.6 Å². The number of rotatable bonds is 3. The number of hydrogen-bond donors (Lipinski definition) is 1. The second kappa shape index (κ2) is 6.69. The monoisotopic (exact) mass is 302 g/mol. The molecule has 2 aliphatic rings. The van der Waals surface area contributed by atoms with Gasteiger partial charge in [-0.1, -0.05) is 12.1 Å². The Hall–Kier alpha value is -1.55. The van der Waals surface area contributed by atoms with Gasteiger partial charge in [-0.3, -0.25) is 4.79 Å². The van der Waals surface area contributed by atoms with Gasteiger partial charge < -0.3 is 15.0 Å². The van der Waals surface area contributed by atoms with Gasteiger partial charge in [0, 0.05) is 13.1 Å². The normalized spacial score (nSPS) is 20.9. The summed E-state index contributed by atoms with van der Waals surface area (Å²) >= 11 is 0. The molecule has 2 heterocycles. The molecule has 0 aliphatic carbocycles. The van der Waals surface area contributed by atoms with E-state index in [-0.39, 0.29) is 5.91 Å². The number of amides is 1. The van der Waals surface area contributed by atoms with Gasteiger partial charge in [0.1, 0.15) is 5.75 Å². The van der Waals surface area contributed by atoms with E-state index in [4.69, 9.17) is 4.74 Å². The highest BCUT2D eigenvalue weighted by Gasteiger charge is 2.37. The molecule has 1 spiro atoms. The lowest BCUT2D eigenvalue weighted by Gasteiger charge is -2.44. The van der Waals surface area contributed by atoms with Crippen LogP contribution in [0.4, 0.5) is 0 Å². The van der Waals surface area contributed by atoms with Crippen LogP contribution in [0.15, 0.2) is 24.3 Å². The Balaban J connectivity index is 1.67. The van der Waals surface area contributed by atoms with Gasteiger partial charge in [-0.2, -0.15) is 0 Å². The van der Waals surface area contributed by atoms with Gasteiger partial charge in [0.2, 0.25) is 0 Å². The van der Waals surface area contributed by atoms with Crippen molar-refractivity contribution in [1.82, 2.24) is 10.2 Å². The van der Waals surface area contributed by atoms with Crippen molar-refractivity contribution in [3.05, 3.63) is 29.8 Å². The lowest BCUT2D eigenvalue weighted by atomic mass is 9.71. The average molecular weight is 302 g/mol. The molecule has 1 amide bonds. The summed E-state index contributed by atoms with van der Waals surface area (Å²) in [6.45, 7) is 6.53. The second-order valence-corrected chi connectivity index (χ2v) is 6.47. The summed E-state index contributed by atoms with van der Waals surface area (Å²) in [5, 5.41) is 3.44. The quantitative estimate of drug-likeness (QED) is 0.933. The van der Waals surface area contributed by atoms with E-state index in [9.17, 15) is 4.79 Å². The summed E-state index contributed by atoms with van der Waals surface area (Å²) < 4.78 is 5.60. The third-order valence-corrected chi connectivity index (χ3v) is 5.19. The molecule has 4 nitrogen and oxygen atoms in total. The first kappa shape index (κ1) is 15.3. The van der Waals surface area contributed by atoms with Gasteiger partial charge in [0.25, 0.3) is 5.91 Å². The standard InChI is InChI=1S/C18H26N2O2/c1-2-22-16-6-4-3-5-15(16)17(21)20-13-9-18(10-14-20)7-11-19-12-8-18/h3-6,19H,2,7-14H2,1H3. The first-order valence-electron chi connectivity index (χ1n) is 8.46. The summed E-state index contributed by atoms with van der Waals surface area (Å²) in [6, 6.07) is 7.59. The summed E-state index contributed by atoms with van der Waals surface area (Å²) in [7, 11) is 0. The summed E-state index contributed by atoms with van der Waals surface area (Å²) in [5.41, 5.74) is 1.17. The number of benzene rings is 1. The molecule has 22 heavy (non-hydrogen) atoms. The third kappa shape index (κ3) is 3.12. The van der Waals surface area contributed by atoms with Gasteiger partial charge in [-0.15, -0.1) is 0 Å². The zero-order chi connectivity index (χ0) is 15.4. The minimum Gasteiger partial charge on any atom is -0.493 e. The number of carbonyl (C=O) groups excluding carboxylic acids is 1. The molecule has 2 aliphatic heterocycles. The topological polar surface area (TPSA) is 41.6 Å². The number of nitrogens with one attached hydrogen (secondary N) is 1. The molecule has 1 N–H and O–H groups in total. The Morgan fingerprint density at radius 2 is 1.86 bits per heavy atom. The van der Waals surface area contributed by atoms with Crippen LogP contribution in [0.3, 0.4) is 0 Å². The van der Waals surface area contributed by atoms with Gasteiger partial charge >= 0.3 is 0 Å². The van der Waals surface area contributed by atoms with E-state index in [1.165, 1.54) is 12.8 Å². The molecule has 0 bridgehead atoms. The van der Waals surface area contributed by atoms with Crippen LogP contribution < -0.4 is 10.1 Å². The first-order valence-corrected chi connectivity index (χ1v) is 8.46. The molecule has 0 atom stereocenters. The zero-order valence-electron chi connectivity index (χ0n) is 13.4. The van der Waals surface area contributed by atoms with Crippen molar-refractivity contribution >= 4 is 5.91 Å². The maximum Gasteiger partial charge on any atom is 0.257 e. The van der Waals surface area contributed by atoms with Crippen LogP contribution in [0.5, 0.6) is 5.75 Å². The van der Waals surface area contributed by atoms with Crippen LogP contribution in [-0.2, 0) is 0 Å². The Morgan fingerprint density at radius 1 is 1.18 bits per heavy atom. The van der Waals surface area contributed by atoms with Crippen LogP contribution >= 0.6 is 0 Å². The Bertz CT molecular complexity index is 514. The predicted molar refractivity (Wildman–Crippen MR) is 87.3 cm³/mol. The molecule has 1 aromatic rings. The van der Waals surface area contributed by atoms with E-state index in [1.807, 2.05) is 36.1 Å². The van der Waals surface area contributed by atoms with E-state index in [0.717, 1.165) is 39.0 Å². The molecule has 120 valence electrons. The predicted octanol–water partition coefficient (Wildman–Crippen LogP) is 2.69. The molecule has 1 aromatic carbocycles. The molecule has 2 fully saturated rings. The Kier molecular flexibility index (Phi) is 4.67. The summed E-state index contributed by atoms with van der Waals surface area (Å²) in [4.78, 5) is 14.8. The molecule has 2 saturated heterocycles. The fraction of sp³-hybridized carbons (Fsp3) is 0.611. The van der Waals surface area contributed by atoms with Crippen LogP contribution in [0.1, 0.15) is 43.0 Å². The number of nitrogens with zero attached hydrogens (tertiary/aromatic N) is 1. The number of piperidine rings is 2. The molecular weight excluding hydrogens is 276 g/mol. The highest BCUT2D eigenvalue weighted by atomic mass is 16.5. The maximum atomic E-state index is 12.8. The lowest BCUT2D eigenvalue weighted by Crippen LogP contribution is -2.47. The van der Waals surface area contributed by atoms with Crippen molar-refractivity contribution < 1.29 is 9.53 Å². The number of ether oxygens (including phenoxy) is 1. The fourth-order valence-electron chi connectivity index (χ4n) is 3.74. The van der Waals surface area contributed by atoms with Gasteiger partial charge in [-0.25, -0.2) is 0 Å². The summed E-state index contributed by atoms with van der Waals surface area (Å²) in [5.74, 6) is 0.824. The lowest BCUT2D eigenvalue weighted by molar-refractivity contribution is 0.0492. The van der Waals surface area contributed by atoms with Gasteiger partial charge in [-0.05, 0) is 63.2 Å². The van der Waals surface area contributed by atoms with E-state index >= 15 is 0 Å². The molecule has 3 rings (SSSR count). The molecule has 0 unspecified atom stereocenters. The largest absolute Gasteiger partial charge is 0.493 e.